The molecule has 0 bridgehead atoms. The number of nitrogens with one attached hydrogen (secondary N) is 1. The van der Waals surface area contributed by atoms with Gasteiger partial charge in [-0.25, -0.2) is 8.99 Å². The highest BCUT2D eigenvalue weighted by atomic mass is 32.2. The third kappa shape index (κ3) is 2.75. The molecule has 4 heteroatoms. The molecule has 3 saturated carbocycles. The Kier molecular flexibility index (Phi) is 4.51. The van der Waals surface area contributed by atoms with Crippen LogP contribution in [0.1, 0.15) is 65.2 Å². The van der Waals surface area contributed by atoms with E-state index in [1.165, 1.54) is 12.8 Å². The van der Waals surface area contributed by atoms with Crippen LogP contribution in [0.15, 0.2) is 35.2 Å². The van der Waals surface area contributed by atoms with E-state index in [0.29, 0.717) is 22.6 Å². The third-order valence-corrected chi connectivity index (χ3v) is 10.8. The van der Waals surface area contributed by atoms with E-state index in [0.717, 1.165) is 38.5 Å². The van der Waals surface area contributed by atoms with Crippen molar-refractivity contribution >= 4 is 9.73 Å². The highest BCUT2D eigenvalue weighted by Gasteiger charge is 2.57. The van der Waals surface area contributed by atoms with Crippen molar-refractivity contribution in [3.8, 4) is 0 Å². The minimum Gasteiger partial charge on any atom is -0.393 e. The largest absolute Gasteiger partial charge is 0.393 e. The Bertz CT molecular complexity index is 756. The predicted molar refractivity (Wildman–Crippen MR) is 105 cm³/mol. The van der Waals surface area contributed by atoms with E-state index < -0.39 is 9.73 Å². The van der Waals surface area contributed by atoms with Gasteiger partial charge < -0.3 is 5.11 Å². The molecule has 144 valence electrons. The first-order valence-electron chi connectivity index (χ1n) is 10.3. The standard InChI is InChI=1S/C22H33NO2S/c1-16(18-10-11-19-20(24)9-6-12-21(18,19)2)15-22(13-14-22)26(23,25)17-7-4-3-5-8-17/h3-5,7-8,16,18-20,23-24H,6,9-15H2,1-2H3/t16-,18?,19+,20+,21-,26?/m1/s1. The van der Waals surface area contributed by atoms with Gasteiger partial charge in [0.05, 0.1) is 20.6 Å². The molecule has 2 N–H and O–H groups in total. The highest BCUT2D eigenvalue weighted by molar-refractivity contribution is 7.94. The van der Waals surface area contributed by atoms with Crippen LogP contribution in [-0.2, 0) is 9.73 Å². The van der Waals surface area contributed by atoms with Gasteiger partial charge in [0.2, 0.25) is 0 Å². The molecule has 0 spiro atoms. The van der Waals surface area contributed by atoms with E-state index in [4.69, 9.17) is 4.78 Å². The summed E-state index contributed by atoms with van der Waals surface area (Å²) in [5.74, 6) is 1.49. The summed E-state index contributed by atoms with van der Waals surface area (Å²) >= 11 is 0. The van der Waals surface area contributed by atoms with Gasteiger partial charge in [-0.3, -0.25) is 0 Å². The van der Waals surface area contributed by atoms with Gasteiger partial charge in [-0.1, -0.05) is 38.5 Å². The van der Waals surface area contributed by atoms with Crippen molar-refractivity contribution in [1.29, 1.82) is 4.78 Å². The lowest BCUT2D eigenvalue weighted by Crippen LogP contribution is -2.42. The Morgan fingerprint density at radius 1 is 1.19 bits per heavy atom. The molecule has 3 fully saturated rings. The van der Waals surface area contributed by atoms with Crippen LogP contribution < -0.4 is 0 Å². The molecule has 3 aliphatic rings. The van der Waals surface area contributed by atoms with Gasteiger partial charge in [-0.2, -0.15) is 0 Å². The summed E-state index contributed by atoms with van der Waals surface area (Å²) in [7, 11) is -2.76. The van der Waals surface area contributed by atoms with E-state index in [1.54, 1.807) is 0 Å². The second-order valence-electron chi connectivity index (χ2n) is 9.49. The lowest BCUT2D eigenvalue weighted by Gasteiger charge is -2.45. The van der Waals surface area contributed by atoms with Crippen LogP contribution in [-0.4, -0.2) is 20.2 Å². The van der Waals surface area contributed by atoms with Crippen molar-refractivity contribution < 1.29 is 9.32 Å². The van der Waals surface area contributed by atoms with Crippen molar-refractivity contribution in [2.24, 2.45) is 23.2 Å². The summed E-state index contributed by atoms with van der Waals surface area (Å²) in [6.45, 7) is 4.71. The fourth-order valence-corrected chi connectivity index (χ4v) is 8.68. The Balaban J connectivity index is 1.54. The zero-order chi connectivity index (χ0) is 18.6. The Hall–Kier alpha value is -0.870. The zero-order valence-corrected chi connectivity index (χ0v) is 16.9. The number of hydrogen-bond acceptors (Lipinski definition) is 3. The fourth-order valence-electron chi connectivity index (χ4n) is 6.46. The fraction of sp³-hybridized carbons (Fsp3) is 0.727. The molecule has 1 aromatic carbocycles. The van der Waals surface area contributed by atoms with Crippen LogP contribution in [0.3, 0.4) is 0 Å². The van der Waals surface area contributed by atoms with Crippen molar-refractivity contribution in [2.45, 2.75) is 81.0 Å². The molecule has 3 aliphatic carbocycles. The highest BCUT2D eigenvalue weighted by Crippen LogP contribution is 2.60. The first-order valence-corrected chi connectivity index (χ1v) is 11.9. The van der Waals surface area contributed by atoms with Gasteiger partial charge in [0.1, 0.15) is 0 Å². The molecular formula is C22H33NO2S. The lowest BCUT2D eigenvalue weighted by atomic mass is 9.61. The molecule has 0 amide bonds. The average Bonchev–Trinajstić information content (AvgIpc) is 3.31. The van der Waals surface area contributed by atoms with Crippen LogP contribution >= 0.6 is 0 Å². The van der Waals surface area contributed by atoms with E-state index in [-0.39, 0.29) is 16.3 Å². The van der Waals surface area contributed by atoms with E-state index in [2.05, 4.69) is 13.8 Å². The molecule has 2 unspecified atom stereocenters. The molecule has 0 saturated heterocycles. The summed E-state index contributed by atoms with van der Waals surface area (Å²) in [6.07, 6.45) is 8.22. The minimum atomic E-state index is -2.76. The van der Waals surface area contributed by atoms with Crippen molar-refractivity contribution in [2.75, 3.05) is 0 Å². The molecule has 0 aromatic heterocycles. The SMILES string of the molecule is C[C@H](CC1(S(=N)(=O)c2ccccc2)CC1)C1CC[C@H]2[C@@H](O)CCC[C@]12C. The second kappa shape index (κ2) is 6.34. The molecule has 0 radical (unpaired) electrons. The summed E-state index contributed by atoms with van der Waals surface area (Å²) < 4.78 is 21.9. The number of hydrogen-bond donors (Lipinski definition) is 2. The first-order chi connectivity index (χ1) is 12.3. The summed E-state index contributed by atoms with van der Waals surface area (Å²) in [5.41, 5.74) is 0.225. The van der Waals surface area contributed by atoms with Gasteiger partial charge in [0.25, 0.3) is 0 Å². The van der Waals surface area contributed by atoms with Gasteiger partial charge in [-0.05, 0) is 80.2 Å². The Labute approximate surface area is 158 Å². The second-order valence-corrected chi connectivity index (χ2v) is 11.9. The molecule has 0 heterocycles. The Morgan fingerprint density at radius 2 is 1.88 bits per heavy atom. The number of benzene rings is 1. The normalized spacial score (nSPS) is 39.0. The maximum Gasteiger partial charge on any atom is 0.0784 e. The summed E-state index contributed by atoms with van der Waals surface area (Å²) in [4.78, 5) is 0.702. The summed E-state index contributed by atoms with van der Waals surface area (Å²) in [6, 6.07) is 9.45. The maximum atomic E-state index is 13.5. The van der Waals surface area contributed by atoms with Crippen molar-refractivity contribution in [3.63, 3.8) is 0 Å². The molecule has 1 aromatic rings. The lowest BCUT2D eigenvalue weighted by molar-refractivity contribution is -0.0278. The van der Waals surface area contributed by atoms with Crippen LogP contribution in [0, 0.1) is 27.9 Å². The third-order valence-electron chi connectivity index (χ3n) is 8.04. The van der Waals surface area contributed by atoms with E-state index >= 15 is 0 Å². The number of rotatable bonds is 5. The maximum absolute atomic E-state index is 13.5. The number of aliphatic hydroxyl groups is 1. The predicted octanol–water partition coefficient (Wildman–Crippen LogP) is 5.23. The topological polar surface area (TPSA) is 61.2 Å². The molecule has 6 atom stereocenters. The smallest absolute Gasteiger partial charge is 0.0784 e. The van der Waals surface area contributed by atoms with Gasteiger partial charge in [0.15, 0.2) is 0 Å². The average molecular weight is 376 g/mol. The molecule has 26 heavy (non-hydrogen) atoms. The van der Waals surface area contributed by atoms with Gasteiger partial charge in [-0.15, -0.1) is 0 Å². The van der Waals surface area contributed by atoms with Gasteiger partial charge in [0, 0.05) is 4.90 Å². The van der Waals surface area contributed by atoms with Crippen LogP contribution in [0.5, 0.6) is 0 Å². The molecule has 0 aliphatic heterocycles. The quantitative estimate of drug-likeness (QED) is 0.740. The van der Waals surface area contributed by atoms with Crippen molar-refractivity contribution in [1.82, 2.24) is 0 Å². The molecule has 3 nitrogen and oxygen atoms in total. The number of fused-ring (bicyclic) bond motifs is 1. The monoisotopic (exact) mass is 375 g/mol. The Morgan fingerprint density at radius 3 is 2.54 bits per heavy atom. The van der Waals surface area contributed by atoms with Crippen LogP contribution in [0.2, 0.25) is 0 Å². The molecule has 4 rings (SSSR count). The zero-order valence-electron chi connectivity index (χ0n) is 16.1. The van der Waals surface area contributed by atoms with Crippen LogP contribution in [0.4, 0.5) is 0 Å². The van der Waals surface area contributed by atoms with Gasteiger partial charge >= 0.3 is 0 Å². The van der Waals surface area contributed by atoms with Crippen LogP contribution in [0.25, 0.3) is 0 Å². The van der Waals surface area contributed by atoms with E-state index in [9.17, 15) is 9.32 Å². The first kappa shape index (κ1) is 18.5. The van der Waals surface area contributed by atoms with Crippen molar-refractivity contribution in [3.05, 3.63) is 30.3 Å². The molecular weight excluding hydrogens is 342 g/mol. The summed E-state index contributed by atoms with van der Waals surface area (Å²) in [5, 5.41) is 10.5. The van der Waals surface area contributed by atoms with E-state index in [1.807, 2.05) is 30.3 Å². The number of aliphatic hydroxyl groups excluding tert-OH is 1. The minimum absolute atomic E-state index is 0.134.